The van der Waals surface area contributed by atoms with E-state index < -0.39 is 5.25 Å². The molecule has 0 spiro atoms. The van der Waals surface area contributed by atoms with Gasteiger partial charge in [-0.15, -0.1) is 0 Å². The highest BCUT2D eigenvalue weighted by Gasteiger charge is 2.37. The fourth-order valence-electron chi connectivity index (χ4n) is 2.89. The topological polar surface area (TPSA) is 74.7 Å². The Morgan fingerprint density at radius 3 is 2.90 bits per heavy atom. The number of amides is 2. The second-order valence-electron chi connectivity index (χ2n) is 6.57. The van der Waals surface area contributed by atoms with Gasteiger partial charge in [-0.25, -0.2) is 4.98 Å². The molecule has 1 fully saturated rings. The van der Waals surface area contributed by atoms with Crippen molar-refractivity contribution >= 4 is 72.7 Å². The first-order chi connectivity index (χ1) is 13.9. The third-order valence-corrected chi connectivity index (χ3v) is 6.85. The first kappa shape index (κ1) is 19.9. The lowest BCUT2D eigenvalue weighted by atomic mass is 10.2. The van der Waals surface area contributed by atoms with Crippen LogP contribution in [-0.4, -0.2) is 39.2 Å². The van der Waals surface area contributed by atoms with Crippen LogP contribution in [0.1, 0.15) is 12.0 Å². The summed E-state index contributed by atoms with van der Waals surface area (Å²) < 4.78 is 1.04. The Morgan fingerprint density at radius 1 is 1.31 bits per heavy atom. The summed E-state index contributed by atoms with van der Waals surface area (Å²) in [5, 5.41) is 4.00. The number of hydrogen-bond acceptors (Lipinski definition) is 6. The molecule has 0 bridgehead atoms. The number of benzene rings is 2. The first-order valence-electron chi connectivity index (χ1n) is 8.85. The van der Waals surface area contributed by atoms with Gasteiger partial charge in [-0.05, 0) is 36.8 Å². The zero-order valence-corrected chi connectivity index (χ0v) is 18.1. The maximum Gasteiger partial charge on any atom is 0.242 e. The summed E-state index contributed by atoms with van der Waals surface area (Å²) in [4.78, 5) is 35.6. The fourth-order valence-corrected chi connectivity index (χ4v) is 5.09. The normalized spacial score (nSPS) is 18.0. The van der Waals surface area contributed by atoms with Gasteiger partial charge in [-0.2, -0.15) is 4.99 Å². The highest BCUT2D eigenvalue weighted by molar-refractivity contribution is 8.15. The smallest absolute Gasteiger partial charge is 0.242 e. The van der Waals surface area contributed by atoms with Crippen molar-refractivity contribution in [2.45, 2.75) is 18.6 Å². The number of halogens is 1. The molecule has 1 aromatic heterocycles. The molecular formula is C20H17ClN4O2S2. The number of aromatic nitrogens is 1. The van der Waals surface area contributed by atoms with Gasteiger partial charge in [0, 0.05) is 24.2 Å². The van der Waals surface area contributed by atoms with Crippen LogP contribution in [0.3, 0.4) is 0 Å². The summed E-state index contributed by atoms with van der Waals surface area (Å²) in [6.07, 6.45) is 0.0542. The number of nitrogens with zero attached hydrogens (tertiary/aromatic N) is 3. The second kappa shape index (κ2) is 8.14. The monoisotopic (exact) mass is 444 g/mol. The van der Waals surface area contributed by atoms with Gasteiger partial charge < -0.3 is 5.32 Å². The van der Waals surface area contributed by atoms with Crippen molar-refractivity contribution in [1.82, 2.24) is 9.88 Å². The molecule has 4 rings (SSSR count). The van der Waals surface area contributed by atoms with Crippen molar-refractivity contribution < 1.29 is 9.59 Å². The summed E-state index contributed by atoms with van der Waals surface area (Å²) in [5.41, 5.74) is 2.43. The minimum Gasteiger partial charge on any atom is -0.326 e. The summed E-state index contributed by atoms with van der Waals surface area (Å²) in [5.74, 6) is -0.385. The molecule has 0 saturated carbocycles. The van der Waals surface area contributed by atoms with E-state index in [9.17, 15) is 9.59 Å². The van der Waals surface area contributed by atoms with Crippen molar-refractivity contribution in [2.24, 2.45) is 4.99 Å². The van der Waals surface area contributed by atoms with E-state index >= 15 is 0 Å². The van der Waals surface area contributed by atoms with Gasteiger partial charge in [0.1, 0.15) is 5.25 Å². The Balaban J connectivity index is 1.47. The van der Waals surface area contributed by atoms with Crippen LogP contribution < -0.4 is 5.32 Å². The Kier molecular flexibility index (Phi) is 5.58. The quantitative estimate of drug-likeness (QED) is 0.624. The van der Waals surface area contributed by atoms with E-state index in [4.69, 9.17) is 11.6 Å². The summed E-state index contributed by atoms with van der Waals surface area (Å²) >= 11 is 8.75. The largest absolute Gasteiger partial charge is 0.326 e. The Hall–Kier alpha value is -2.42. The Labute approximate surface area is 181 Å². The van der Waals surface area contributed by atoms with Gasteiger partial charge in [0.2, 0.25) is 16.9 Å². The van der Waals surface area contributed by atoms with Crippen molar-refractivity contribution in [3.05, 3.63) is 53.1 Å². The maximum atomic E-state index is 12.6. The number of amidine groups is 1. The number of fused-ring (bicyclic) bond motifs is 1. The third kappa shape index (κ3) is 4.29. The molecule has 1 atom stereocenters. The molecule has 9 heteroatoms. The molecule has 3 aromatic rings. The lowest BCUT2D eigenvalue weighted by molar-refractivity contribution is -0.127. The highest BCUT2D eigenvalue weighted by Crippen LogP contribution is 2.34. The predicted molar refractivity (Wildman–Crippen MR) is 120 cm³/mol. The SMILES string of the molecule is Cc1ccc(Cl)cc1NC(=O)C[C@@H]1SC(=Nc2nc3ccccc3s2)N(C)C1=O. The molecule has 2 amide bonds. The van der Waals surface area contributed by atoms with Crippen LogP contribution in [0.15, 0.2) is 47.5 Å². The number of thioether (sulfide) groups is 1. The zero-order valence-electron chi connectivity index (χ0n) is 15.7. The zero-order chi connectivity index (χ0) is 20.5. The summed E-state index contributed by atoms with van der Waals surface area (Å²) in [6.45, 7) is 1.89. The van der Waals surface area contributed by atoms with E-state index in [0.29, 0.717) is 21.0 Å². The fraction of sp³-hybridized carbons (Fsp3) is 0.200. The van der Waals surface area contributed by atoms with Crippen LogP contribution >= 0.6 is 34.7 Å². The number of carbonyl (C=O) groups is 2. The Morgan fingerprint density at radius 2 is 2.10 bits per heavy atom. The maximum absolute atomic E-state index is 12.6. The van der Waals surface area contributed by atoms with Crippen LogP contribution in [0.5, 0.6) is 0 Å². The number of nitrogens with one attached hydrogen (secondary N) is 1. The van der Waals surface area contributed by atoms with Gasteiger partial charge in [0.05, 0.1) is 10.2 Å². The van der Waals surface area contributed by atoms with E-state index in [0.717, 1.165) is 15.8 Å². The van der Waals surface area contributed by atoms with Crippen molar-refractivity contribution in [3.63, 3.8) is 0 Å². The van der Waals surface area contributed by atoms with Gasteiger partial charge in [0.25, 0.3) is 0 Å². The van der Waals surface area contributed by atoms with Crippen molar-refractivity contribution in [1.29, 1.82) is 0 Å². The number of hydrogen-bond donors (Lipinski definition) is 1. The van der Waals surface area contributed by atoms with E-state index in [1.54, 1.807) is 19.2 Å². The van der Waals surface area contributed by atoms with Crippen LogP contribution in [0.25, 0.3) is 10.2 Å². The molecule has 1 aliphatic rings. The number of thiazole rings is 1. The standard InChI is InChI=1S/C20H17ClN4O2S2/c1-11-7-8-12(21)9-14(11)22-17(26)10-16-18(27)25(2)20(29-16)24-19-23-13-5-3-4-6-15(13)28-19/h3-9,16H,10H2,1-2H3,(H,22,26)/t16-/m0/s1. The molecule has 6 nitrogen and oxygen atoms in total. The predicted octanol–water partition coefficient (Wildman–Crippen LogP) is 4.85. The van der Waals surface area contributed by atoms with Crippen LogP contribution in [0, 0.1) is 6.92 Å². The lowest BCUT2D eigenvalue weighted by Gasteiger charge is -2.11. The van der Waals surface area contributed by atoms with Gasteiger partial charge >= 0.3 is 0 Å². The first-order valence-corrected chi connectivity index (χ1v) is 10.9. The van der Waals surface area contributed by atoms with E-state index in [2.05, 4.69) is 15.3 Å². The molecule has 29 heavy (non-hydrogen) atoms. The molecule has 1 aliphatic heterocycles. The van der Waals surface area contributed by atoms with Gasteiger partial charge in [0.15, 0.2) is 5.17 Å². The molecule has 0 aliphatic carbocycles. The molecule has 2 aromatic carbocycles. The number of carbonyl (C=O) groups excluding carboxylic acids is 2. The molecule has 0 unspecified atom stereocenters. The number of aliphatic imine (C=N–C) groups is 1. The Bertz CT molecular complexity index is 1110. The second-order valence-corrected chi connectivity index (χ2v) is 9.19. The van der Waals surface area contributed by atoms with Gasteiger partial charge in [-0.3, -0.25) is 14.5 Å². The minimum atomic E-state index is -0.521. The lowest BCUT2D eigenvalue weighted by Crippen LogP contribution is -2.30. The number of para-hydroxylation sites is 1. The molecule has 148 valence electrons. The van der Waals surface area contributed by atoms with Gasteiger partial charge in [-0.1, -0.05) is 52.9 Å². The highest BCUT2D eigenvalue weighted by atomic mass is 35.5. The number of anilines is 1. The summed E-state index contributed by atoms with van der Waals surface area (Å²) in [7, 11) is 1.67. The van der Waals surface area contributed by atoms with Crippen molar-refractivity contribution in [2.75, 3.05) is 12.4 Å². The molecule has 1 N–H and O–H groups in total. The van der Waals surface area contributed by atoms with Crippen LogP contribution in [0.4, 0.5) is 10.8 Å². The van der Waals surface area contributed by atoms with E-state index in [1.165, 1.54) is 28.0 Å². The molecule has 2 heterocycles. The van der Waals surface area contributed by atoms with Crippen LogP contribution in [-0.2, 0) is 9.59 Å². The van der Waals surface area contributed by atoms with Crippen molar-refractivity contribution in [3.8, 4) is 0 Å². The van der Waals surface area contributed by atoms with E-state index in [1.807, 2.05) is 37.3 Å². The molecular weight excluding hydrogens is 428 g/mol. The average Bonchev–Trinajstić information content (AvgIpc) is 3.21. The summed E-state index contributed by atoms with van der Waals surface area (Å²) in [6, 6.07) is 13.1. The average molecular weight is 445 g/mol. The number of rotatable bonds is 4. The molecule has 1 saturated heterocycles. The number of aryl methyl sites for hydroxylation is 1. The van der Waals surface area contributed by atoms with E-state index in [-0.39, 0.29) is 18.2 Å². The molecule has 0 radical (unpaired) electrons. The third-order valence-electron chi connectivity index (χ3n) is 4.46. The van der Waals surface area contributed by atoms with Crippen LogP contribution in [0.2, 0.25) is 5.02 Å². The minimum absolute atomic E-state index is 0.0542.